The average Bonchev–Trinajstić information content (AvgIpc) is 1.63. The molecule has 4 rings (SSSR count). The molecule has 2 aliphatic rings. The molecule has 544 valence electrons. The van der Waals surface area contributed by atoms with Gasteiger partial charge in [-0.3, -0.25) is 57.5 Å². The highest BCUT2D eigenvalue weighted by atomic mass is 32.2. The zero-order chi connectivity index (χ0) is 71.9. The lowest BCUT2D eigenvalue weighted by Gasteiger charge is -2.32. The fraction of sp³-hybridized carbons (Fsp3) is 0.672. The third-order valence-corrected chi connectivity index (χ3v) is 18.6. The number of aliphatic hydroxyl groups excluding tert-OH is 3. The zero-order valence-corrected chi connectivity index (χ0v) is 56.9. The van der Waals surface area contributed by atoms with Gasteiger partial charge in [-0.2, -0.15) is 11.8 Å². The van der Waals surface area contributed by atoms with Crippen LogP contribution < -0.4 is 54.0 Å². The number of nitrogens with zero attached hydrogens (tertiary/aromatic N) is 1. The van der Waals surface area contributed by atoms with Gasteiger partial charge in [-0.25, -0.2) is 0 Å². The second-order valence-electron chi connectivity index (χ2n) is 23.5. The van der Waals surface area contributed by atoms with Gasteiger partial charge in [0, 0.05) is 91.1 Å². The Morgan fingerprint density at radius 1 is 0.814 bits per heavy atom. The van der Waals surface area contributed by atoms with E-state index in [1.807, 2.05) is 0 Å². The number of carboxylic acids is 1. The van der Waals surface area contributed by atoms with Crippen LogP contribution in [0.1, 0.15) is 97.1 Å². The number of carbonyl (C=O) groups excluding carboxylic acids is 11. The molecule has 0 radical (unpaired) electrons. The summed E-state index contributed by atoms with van der Waals surface area (Å²) in [6.45, 7) is 8.23. The fourth-order valence-electron chi connectivity index (χ4n) is 10.2. The van der Waals surface area contributed by atoms with Crippen LogP contribution in [0.2, 0.25) is 0 Å². The molecular weight excluding hydrogens is 1320 g/mol. The molecule has 11 amide bonds. The second kappa shape index (κ2) is 42.4. The molecule has 1 saturated heterocycles. The van der Waals surface area contributed by atoms with Crippen molar-refractivity contribution in [2.24, 2.45) is 29.2 Å². The lowest BCUT2D eigenvalue weighted by Crippen LogP contribution is -2.61. The Morgan fingerprint density at radius 2 is 1.46 bits per heavy atom. The highest BCUT2D eigenvalue weighted by Crippen LogP contribution is 2.36. The number of H-pyrrole nitrogens is 1. The summed E-state index contributed by atoms with van der Waals surface area (Å²) in [6, 6.07) is -7.25. The van der Waals surface area contributed by atoms with Crippen molar-refractivity contribution in [1.82, 2.24) is 52.4 Å². The third-order valence-electron chi connectivity index (χ3n) is 16.1. The van der Waals surface area contributed by atoms with E-state index >= 15 is 4.55 Å². The van der Waals surface area contributed by atoms with Crippen LogP contribution >= 0.6 is 11.8 Å². The monoisotopic (exact) mass is 1410 g/mol. The van der Waals surface area contributed by atoms with Crippen molar-refractivity contribution in [3.05, 3.63) is 23.3 Å². The minimum atomic E-state index is -2.51. The number of hydrogen-bond acceptors (Lipinski definition) is 22. The van der Waals surface area contributed by atoms with Crippen LogP contribution in [0.3, 0.4) is 0 Å². The van der Waals surface area contributed by atoms with Crippen LogP contribution in [-0.2, 0) is 99.8 Å². The van der Waals surface area contributed by atoms with Crippen LogP contribution in [0.15, 0.2) is 17.2 Å². The van der Waals surface area contributed by atoms with E-state index in [-0.39, 0.29) is 109 Å². The van der Waals surface area contributed by atoms with Crippen molar-refractivity contribution >= 4 is 105 Å². The number of aliphatic carboxylic acids is 1. The molecule has 0 bridgehead atoms. The van der Waals surface area contributed by atoms with Crippen LogP contribution in [0.5, 0.6) is 5.75 Å². The molecule has 0 aliphatic carbocycles. The van der Waals surface area contributed by atoms with Gasteiger partial charge in [0.05, 0.1) is 96.1 Å². The number of hydrogen-bond donors (Lipinski definition) is 16. The fourth-order valence-corrected chi connectivity index (χ4v) is 12.6. The molecule has 97 heavy (non-hydrogen) atoms. The van der Waals surface area contributed by atoms with Crippen LogP contribution in [0, 0.1) is 17.8 Å². The average molecular weight is 1410 g/mol. The highest BCUT2D eigenvalue weighted by Gasteiger charge is 2.45. The first-order valence-electron chi connectivity index (χ1n) is 32.1. The Labute approximate surface area is 568 Å². The summed E-state index contributed by atoms with van der Waals surface area (Å²) in [6.07, 6.45) is -3.33. The van der Waals surface area contributed by atoms with E-state index in [9.17, 15) is 78.0 Å². The number of fused-ring (bicyclic) bond motifs is 4. The summed E-state index contributed by atoms with van der Waals surface area (Å²) in [5.74, 6) is -13.7. The maximum Gasteiger partial charge on any atom is 0.306 e. The lowest BCUT2D eigenvalue weighted by atomic mass is 9.94. The number of nitrogens with one attached hydrogen (secondary N) is 9. The number of primary amides is 2. The molecule has 3 heterocycles. The minimum absolute atomic E-state index is 0.0382. The van der Waals surface area contributed by atoms with Crippen molar-refractivity contribution in [3.63, 3.8) is 0 Å². The number of aromatic hydroxyl groups is 1. The molecule has 36 heteroatoms. The van der Waals surface area contributed by atoms with E-state index in [1.165, 1.54) is 37.7 Å². The van der Waals surface area contributed by atoms with Crippen molar-refractivity contribution in [2.45, 2.75) is 152 Å². The lowest BCUT2D eigenvalue weighted by molar-refractivity contribution is -0.144. The first kappa shape index (κ1) is 82.0. The Kier molecular flexibility index (Phi) is 35.9. The molecule has 34 nitrogen and oxygen atoms in total. The quantitative estimate of drug-likeness (QED) is 0.0222. The van der Waals surface area contributed by atoms with Gasteiger partial charge in [-0.15, -0.1) is 0 Å². The normalized spacial score (nSPS) is 21.0. The number of benzene rings is 1. The summed E-state index contributed by atoms with van der Waals surface area (Å²) >= 11 is -1.12. The minimum Gasteiger partial charge on any atom is -0.610 e. The van der Waals surface area contributed by atoms with Gasteiger partial charge in [0.2, 0.25) is 70.0 Å². The number of ether oxygens (including phenoxy) is 4. The number of phenols is 1. The molecule has 0 spiro atoms. The first-order chi connectivity index (χ1) is 46.1. The third kappa shape index (κ3) is 27.1. The Balaban J connectivity index is 1.51. The largest absolute Gasteiger partial charge is 0.610 e. The summed E-state index contributed by atoms with van der Waals surface area (Å²) in [7, 11) is 0. The summed E-state index contributed by atoms with van der Waals surface area (Å²) < 4.78 is 37.0. The van der Waals surface area contributed by atoms with Crippen LogP contribution in [0.4, 0.5) is 0 Å². The number of aromatic nitrogens is 1. The number of carboxylic acid groups (broad SMARTS) is 1. The predicted molar refractivity (Wildman–Crippen MR) is 349 cm³/mol. The van der Waals surface area contributed by atoms with Crippen LogP contribution in [-0.4, -0.2) is 257 Å². The molecule has 2 unspecified atom stereocenters. The topological polar surface area (TPSA) is 533 Å². The highest BCUT2D eigenvalue weighted by molar-refractivity contribution is 7.98. The van der Waals surface area contributed by atoms with Gasteiger partial charge in [-0.05, 0) is 36.6 Å². The Morgan fingerprint density at radius 3 is 2.08 bits per heavy atom. The molecule has 18 N–H and O–H groups in total. The van der Waals surface area contributed by atoms with E-state index in [0.717, 1.165) is 4.90 Å². The summed E-state index contributed by atoms with van der Waals surface area (Å²) in [5.41, 5.74) is 12.0. The van der Waals surface area contributed by atoms with Crippen molar-refractivity contribution in [3.8, 4) is 5.75 Å². The molecular formula is C61H96N12O22S2. The van der Waals surface area contributed by atoms with E-state index < -0.39 is 181 Å². The molecule has 1 aromatic carbocycles. The molecule has 0 saturated carbocycles. The van der Waals surface area contributed by atoms with E-state index in [2.05, 4.69) is 47.5 Å². The standard InChI is InChI=1S/C61H96N12O22S2/c1-6-33(3)51(70-47(79)7-2)57(86)66-28-50(82)67-42-32-97(91)59-38(26-40(54(63)83)68-58(87)52(35(5)45(77)30-74)71-56(85)43-25-36(75)29-73(43)60(88)41(27-46(62)78)69-55(42)84)37-10-11-44(76)39(53(37)72-59)31-96-23-9-8-13-64-48(80)12-15-92-17-19-94-21-22-95-20-18-93-16-14-65-49(81)24-34(4)61(89)90/h10-11,33-36,40-43,45,51-52,72,74-77H,6-9,12-32H2,1-5H3,(H2,62,78)(H2,63,83)(H,64,80)(H,65,81)(H,66,86)(H,67,82)(H,68,87)(H,69,84)(H,70,79)(H,71,85)(H,89,90)/t33-,34?,35-,36+,40-,41-,42-,43-,45-,51-,52-,97?/m0/s1. The summed E-state index contributed by atoms with van der Waals surface area (Å²) in [4.78, 5) is 163. The molecule has 12 atom stereocenters. The number of unbranched alkanes of at least 4 members (excludes halogenated alkanes) is 1. The van der Waals surface area contributed by atoms with Crippen LogP contribution in [0.25, 0.3) is 10.9 Å². The summed E-state index contributed by atoms with van der Waals surface area (Å²) in [5, 5.41) is 72.1. The van der Waals surface area contributed by atoms with Gasteiger partial charge >= 0.3 is 5.97 Å². The van der Waals surface area contributed by atoms with E-state index in [4.69, 9.17) is 35.5 Å². The number of amides is 11. The maximum absolute atomic E-state index is 15.2. The number of aromatic amines is 1. The number of aliphatic hydroxyl groups is 3. The Hall–Kier alpha value is -7.42. The van der Waals surface area contributed by atoms with Gasteiger partial charge in [0.15, 0.2) is 6.04 Å². The van der Waals surface area contributed by atoms with Crippen molar-refractivity contribution in [1.29, 1.82) is 0 Å². The molecule has 2 aliphatic heterocycles. The van der Waals surface area contributed by atoms with Gasteiger partial charge < -0.3 is 113 Å². The number of nitrogens with two attached hydrogens (primary N) is 2. The molecule has 1 fully saturated rings. The number of rotatable bonds is 39. The van der Waals surface area contributed by atoms with Gasteiger partial charge in [0.25, 0.3) is 0 Å². The first-order valence-corrected chi connectivity index (χ1v) is 34.6. The zero-order valence-electron chi connectivity index (χ0n) is 55.3. The number of thioether (sulfide) groups is 1. The maximum atomic E-state index is 15.2. The second-order valence-corrected chi connectivity index (χ2v) is 26.1. The number of phenolic OH excluding ortho intramolecular Hbond substituents is 1. The van der Waals surface area contributed by atoms with Gasteiger partial charge in [-0.1, -0.05) is 41.0 Å². The Bertz CT molecular complexity index is 3000. The van der Waals surface area contributed by atoms with Crippen molar-refractivity contribution in [2.75, 3.05) is 97.1 Å². The predicted octanol–water partition coefficient (Wildman–Crippen LogP) is -4.34. The van der Waals surface area contributed by atoms with Gasteiger partial charge in [0.1, 0.15) is 41.7 Å². The van der Waals surface area contributed by atoms with Crippen molar-refractivity contribution < 1.29 is 107 Å². The molecule has 1 aromatic heterocycles. The van der Waals surface area contributed by atoms with E-state index in [1.54, 1.807) is 20.8 Å². The van der Waals surface area contributed by atoms with E-state index in [0.29, 0.717) is 51.4 Å². The smallest absolute Gasteiger partial charge is 0.306 e. The number of carbonyl (C=O) groups is 12. The molecule has 2 aromatic rings. The SMILES string of the molecule is CCC(=O)N[C@H](C(=O)NCC(=O)N[C@H]1C[S+]([O-])c2[nH]c3c(CSCCCCNC(=O)CCOCCOCCOCCOCCNC(=O)CC(C)C(=O)O)c(O)ccc3c2C[C@@H](C(N)=O)NC(=O)[C@H]([C@@H](C)[C@@H](O)CO)NC(=O)[C@@H]2C[C@@H](O)CN2C(=O)[C@H](CC(N)=O)NC1=O)[C@@H](C)CC.